The maximum atomic E-state index is 13.9. The minimum absolute atomic E-state index is 0.321. The van der Waals surface area contributed by atoms with E-state index < -0.39 is 23.1 Å². The monoisotopic (exact) mass is 307 g/mol. The number of hydrogen-bond donors (Lipinski definition) is 2. The van der Waals surface area contributed by atoms with Crippen LogP contribution in [0.1, 0.15) is 17.9 Å². The van der Waals surface area contributed by atoms with Gasteiger partial charge in [-0.1, -0.05) is 12.1 Å². The van der Waals surface area contributed by atoms with Gasteiger partial charge < -0.3 is 5.32 Å². The molecule has 22 heavy (non-hydrogen) atoms. The largest absolute Gasteiger partial charge is 0.332 e. The lowest BCUT2D eigenvalue weighted by Crippen LogP contribution is -2.44. The second-order valence-corrected chi connectivity index (χ2v) is 5.35. The summed E-state index contributed by atoms with van der Waals surface area (Å²) in [5.74, 6) is -3.61. The highest BCUT2D eigenvalue weighted by Gasteiger charge is 2.42. The Morgan fingerprint density at radius 3 is 2.50 bits per heavy atom. The van der Waals surface area contributed by atoms with Gasteiger partial charge in [-0.05, 0) is 30.7 Å². The molecule has 2 heterocycles. The van der Waals surface area contributed by atoms with Crippen LogP contribution in [-0.2, 0) is 0 Å². The van der Waals surface area contributed by atoms with Crippen LogP contribution >= 0.6 is 0 Å². The summed E-state index contributed by atoms with van der Waals surface area (Å²) < 4.78 is 29.1. The molecular weight excluding hydrogens is 292 g/mol. The van der Waals surface area contributed by atoms with E-state index in [-0.39, 0.29) is 6.54 Å². The lowest BCUT2D eigenvalue weighted by molar-refractivity contribution is -0.0420. The Labute approximate surface area is 124 Å². The van der Waals surface area contributed by atoms with Gasteiger partial charge in [-0.25, -0.2) is 13.6 Å². The van der Waals surface area contributed by atoms with E-state index in [1.807, 2.05) is 0 Å². The fourth-order valence-electron chi connectivity index (χ4n) is 2.73. The maximum Gasteiger partial charge on any atom is 0.332 e. The minimum Gasteiger partial charge on any atom is -0.311 e. The number of H-pyrrole nitrogens is 1. The number of aromatic nitrogens is 2. The van der Waals surface area contributed by atoms with Gasteiger partial charge in [0.1, 0.15) is 0 Å². The quantitative estimate of drug-likeness (QED) is 0.877. The molecule has 1 fully saturated rings. The third kappa shape index (κ3) is 2.71. The summed E-state index contributed by atoms with van der Waals surface area (Å²) in [5.41, 5.74) is 0.0228. The van der Waals surface area contributed by atoms with Crippen LogP contribution in [0, 0.1) is 0 Å². The molecule has 1 aromatic heterocycles. The standard InChI is InChI=1S/C15H15F2N3O2/c16-15(17)9-18-7-5-12(15)10-1-3-11(4-2-10)20-8-6-13(21)19-14(20)22/h1-4,6,8,12,18H,5,7,9H2,(H,19,21,22). The van der Waals surface area contributed by atoms with E-state index in [1.54, 1.807) is 24.3 Å². The Balaban J connectivity index is 1.93. The molecule has 1 atom stereocenters. The number of hydrogen-bond acceptors (Lipinski definition) is 3. The number of piperidine rings is 1. The highest BCUT2D eigenvalue weighted by atomic mass is 19.3. The van der Waals surface area contributed by atoms with E-state index in [1.165, 1.54) is 16.8 Å². The van der Waals surface area contributed by atoms with Crippen molar-refractivity contribution in [2.24, 2.45) is 0 Å². The number of nitrogens with one attached hydrogen (secondary N) is 2. The van der Waals surface area contributed by atoms with Gasteiger partial charge in [0.05, 0.1) is 18.2 Å². The zero-order chi connectivity index (χ0) is 15.7. The van der Waals surface area contributed by atoms with Crippen LogP contribution in [0.2, 0.25) is 0 Å². The van der Waals surface area contributed by atoms with E-state index in [0.29, 0.717) is 24.2 Å². The van der Waals surface area contributed by atoms with Crippen molar-refractivity contribution in [1.82, 2.24) is 14.9 Å². The van der Waals surface area contributed by atoms with Crippen LogP contribution in [0.5, 0.6) is 0 Å². The van der Waals surface area contributed by atoms with Crippen LogP contribution < -0.4 is 16.6 Å². The Morgan fingerprint density at radius 2 is 1.86 bits per heavy atom. The molecule has 1 aliphatic heterocycles. The fourth-order valence-corrected chi connectivity index (χ4v) is 2.73. The summed E-state index contributed by atoms with van der Waals surface area (Å²) in [4.78, 5) is 24.9. The molecule has 1 aromatic carbocycles. The molecular formula is C15H15F2N3O2. The molecule has 0 radical (unpaired) electrons. The zero-order valence-corrected chi connectivity index (χ0v) is 11.7. The first-order chi connectivity index (χ1) is 10.5. The van der Waals surface area contributed by atoms with Crippen molar-refractivity contribution >= 4 is 0 Å². The van der Waals surface area contributed by atoms with Crippen molar-refractivity contribution in [1.29, 1.82) is 0 Å². The summed E-state index contributed by atoms with van der Waals surface area (Å²) in [6.07, 6.45) is 1.72. The molecule has 5 nitrogen and oxygen atoms in total. The first kappa shape index (κ1) is 14.6. The van der Waals surface area contributed by atoms with E-state index in [0.717, 1.165) is 0 Å². The topological polar surface area (TPSA) is 66.9 Å². The Kier molecular flexibility index (Phi) is 3.66. The number of halogens is 2. The molecule has 0 amide bonds. The van der Waals surface area contributed by atoms with Gasteiger partial charge in [-0.3, -0.25) is 14.3 Å². The zero-order valence-electron chi connectivity index (χ0n) is 11.7. The summed E-state index contributed by atoms with van der Waals surface area (Å²) in [7, 11) is 0. The van der Waals surface area contributed by atoms with E-state index in [2.05, 4.69) is 10.3 Å². The number of benzene rings is 1. The highest BCUT2D eigenvalue weighted by molar-refractivity contribution is 5.36. The first-order valence-electron chi connectivity index (χ1n) is 6.98. The third-order valence-electron chi connectivity index (χ3n) is 3.88. The summed E-state index contributed by atoms with van der Waals surface area (Å²) in [6.45, 7) is 0.236. The van der Waals surface area contributed by atoms with Gasteiger partial charge in [-0.2, -0.15) is 0 Å². The number of nitrogens with zero attached hydrogens (tertiary/aromatic N) is 1. The normalized spacial score (nSPS) is 20.7. The van der Waals surface area contributed by atoms with Crippen LogP contribution in [0.25, 0.3) is 5.69 Å². The molecule has 0 saturated carbocycles. The average Bonchev–Trinajstić information content (AvgIpc) is 2.47. The molecule has 1 unspecified atom stereocenters. The van der Waals surface area contributed by atoms with Crippen LogP contribution in [-0.4, -0.2) is 28.6 Å². The first-order valence-corrected chi connectivity index (χ1v) is 6.98. The summed E-state index contributed by atoms with van der Waals surface area (Å²) in [6, 6.07) is 7.66. The van der Waals surface area contributed by atoms with Gasteiger partial charge in [0, 0.05) is 12.3 Å². The van der Waals surface area contributed by atoms with Crippen molar-refractivity contribution in [2.75, 3.05) is 13.1 Å². The van der Waals surface area contributed by atoms with Crippen LogP contribution in [0.3, 0.4) is 0 Å². The second kappa shape index (κ2) is 5.49. The molecule has 0 bridgehead atoms. The molecule has 0 aliphatic carbocycles. The molecule has 2 N–H and O–H groups in total. The van der Waals surface area contributed by atoms with Crippen molar-refractivity contribution in [3.63, 3.8) is 0 Å². The Hall–Kier alpha value is -2.28. The third-order valence-corrected chi connectivity index (χ3v) is 3.88. The molecule has 116 valence electrons. The molecule has 1 aliphatic rings. The minimum atomic E-state index is -2.78. The highest BCUT2D eigenvalue weighted by Crippen LogP contribution is 2.37. The van der Waals surface area contributed by atoms with Crippen molar-refractivity contribution in [3.8, 4) is 5.69 Å². The van der Waals surface area contributed by atoms with Gasteiger partial charge in [0.15, 0.2) is 0 Å². The predicted molar refractivity (Wildman–Crippen MR) is 77.8 cm³/mol. The van der Waals surface area contributed by atoms with E-state index in [4.69, 9.17) is 0 Å². The van der Waals surface area contributed by atoms with Gasteiger partial charge in [0.2, 0.25) is 0 Å². The second-order valence-electron chi connectivity index (χ2n) is 5.35. The number of aromatic amines is 1. The lowest BCUT2D eigenvalue weighted by atomic mass is 9.87. The average molecular weight is 307 g/mol. The van der Waals surface area contributed by atoms with Crippen molar-refractivity contribution in [2.45, 2.75) is 18.3 Å². The molecule has 1 saturated heterocycles. The van der Waals surface area contributed by atoms with Crippen LogP contribution in [0.4, 0.5) is 8.78 Å². The summed E-state index contributed by atoms with van der Waals surface area (Å²) >= 11 is 0. The maximum absolute atomic E-state index is 13.9. The van der Waals surface area contributed by atoms with Crippen LogP contribution in [0.15, 0.2) is 46.1 Å². The van der Waals surface area contributed by atoms with Gasteiger partial charge >= 0.3 is 5.69 Å². The van der Waals surface area contributed by atoms with E-state index in [9.17, 15) is 18.4 Å². The Bertz CT molecular complexity index is 780. The fraction of sp³-hybridized carbons (Fsp3) is 0.333. The van der Waals surface area contributed by atoms with Crippen molar-refractivity contribution in [3.05, 3.63) is 62.9 Å². The molecule has 7 heteroatoms. The molecule has 0 spiro atoms. The van der Waals surface area contributed by atoms with Gasteiger partial charge in [-0.15, -0.1) is 0 Å². The smallest absolute Gasteiger partial charge is 0.311 e. The van der Waals surface area contributed by atoms with E-state index >= 15 is 0 Å². The SMILES string of the molecule is O=c1ccn(-c2ccc(C3CCNCC3(F)F)cc2)c(=O)[nH]1. The molecule has 2 aromatic rings. The van der Waals surface area contributed by atoms with Crippen molar-refractivity contribution < 1.29 is 8.78 Å². The summed E-state index contributed by atoms with van der Waals surface area (Å²) in [5, 5.41) is 2.70. The van der Waals surface area contributed by atoms with Gasteiger partial charge in [0.25, 0.3) is 11.5 Å². The number of alkyl halides is 2. The molecule has 3 rings (SSSR count). The lowest BCUT2D eigenvalue weighted by Gasteiger charge is -2.32. The predicted octanol–water partition coefficient (Wildman–Crippen LogP) is 1.24. The Morgan fingerprint density at radius 1 is 1.14 bits per heavy atom. The number of rotatable bonds is 2.